The zero-order valence-corrected chi connectivity index (χ0v) is 16.8. The first-order valence-corrected chi connectivity index (χ1v) is 9.25. The van der Waals surface area contributed by atoms with Gasteiger partial charge in [-0.3, -0.25) is 4.79 Å². The summed E-state index contributed by atoms with van der Waals surface area (Å²) in [4.78, 5) is 12.4. The maximum Gasteiger partial charge on any atom is 0.266 e. The average molecular weight is 462 g/mol. The van der Waals surface area contributed by atoms with Gasteiger partial charge in [0.15, 0.2) is 0 Å². The summed E-state index contributed by atoms with van der Waals surface area (Å²) in [6.45, 7) is 0. The molecule has 1 N–H and O–H groups in total. The molecule has 2 aromatic carbocycles. The fourth-order valence-electron chi connectivity index (χ4n) is 2.27. The van der Waals surface area contributed by atoms with Gasteiger partial charge in [-0.15, -0.1) is 0 Å². The van der Waals surface area contributed by atoms with E-state index >= 15 is 0 Å². The van der Waals surface area contributed by atoms with Crippen LogP contribution in [0, 0.1) is 11.3 Å². The van der Waals surface area contributed by atoms with Gasteiger partial charge in [0, 0.05) is 21.1 Å². The minimum atomic E-state index is -0.594. The van der Waals surface area contributed by atoms with E-state index in [1.54, 1.807) is 24.3 Å². The molecule has 0 bridgehead atoms. The third-order valence-corrected chi connectivity index (χ3v) is 4.66. The van der Waals surface area contributed by atoms with E-state index in [0.717, 1.165) is 10.0 Å². The van der Waals surface area contributed by atoms with Crippen LogP contribution in [0.3, 0.4) is 0 Å². The molecule has 1 heterocycles. The number of furan rings is 1. The second kappa shape index (κ2) is 8.45. The van der Waals surface area contributed by atoms with Crippen molar-refractivity contribution < 1.29 is 9.21 Å². The summed E-state index contributed by atoms with van der Waals surface area (Å²) in [5.41, 5.74) is 1.13. The van der Waals surface area contributed by atoms with E-state index in [9.17, 15) is 10.1 Å². The molecule has 0 aliphatic rings. The molecule has 1 amide bonds. The molecule has 0 spiro atoms. The fraction of sp³-hybridized carbons (Fsp3) is 0. The van der Waals surface area contributed by atoms with Crippen LogP contribution >= 0.6 is 39.1 Å². The number of nitriles is 1. The first-order valence-electron chi connectivity index (χ1n) is 7.70. The van der Waals surface area contributed by atoms with Crippen LogP contribution < -0.4 is 5.32 Å². The number of hydrogen-bond donors (Lipinski definition) is 1. The quantitative estimate of drug-likeness (QED) is 0.353. The Hall–Kier alpha value is -2.52. The average Bonchev–Trinajstić information content (AvgIpc) is 3.11. The molecule has 0 atom stereocenters. The Morgan fingerprint density at radius 2 is 1.85 bits per heavy atom. The van der Waals surface area contributed by atoms with Gasteiger partial charge in [-0.1, -0.05) is 51.3 Å². The maximum absolute atomic E-state index is 12.4. The smallest absolute Gasteiger partial charge is 0.266 e. The summed E-state index contributed by atoms with van der Waals surface area (Å²) in [5.74, 6) is 0.428. The summed E-state index contributed by atoms with van der Waals surface area (Å²) in [6, 6.07) is 17.6. The van der Waals surface area contributed by atoms with Gasteiger partial charge >= 0.3 is 0 Å². The van der Waals surface area contributed by atoms with Crippen LogP contribution in [0.5, 0.6) is 0 Å². The Morgan fingerprint density at radius 3 is 2.52 bits per heavy atom. The van der Waals surface area contributed by atoms with Gasteiger partial charge in [-0.25, -0.2) is 0 Å². The van der Waals surface area contributed by atoms with Crippen molar-refractivity contribution in [2.75, 3.05) is 5.32 Å². The summed E-state index contributed by atoms with van der Waals surface area (Å²) < 4.78 is 6.68. The second-order valence-electron chi connectivity index (χ2n) is 5.46. The highest BCUT2D eigenvalue weighted by atomic mass is 79.9. The lowest BCUT2D eigenvalue weighted by Gasteiger charge is -2.06. The number of halogens is 3. The third-order valence-electron chi connectivity index (χ3n) is 3.59. The summed E-state index contributed by atoms with van der Waals surface area (Å²) in [6.07, 6.45) is 1.38. The number of hydrogen-bond acceptors (Lipinski definition) is 3. The number of rotatable bonds is 4. The van der Waals surface area contributed by atoms with Crippen LogP contribution in [0.1, 0.15) is 5.76 Å². The van der Waals surface area contributed by atoms with Crippen molar-refractivity contribution in [3.8, 4) is 17.4 Å². The van der Waals surface area contributed by atoms with Gasteiger partial charge in [0.1, 0.15) is 23.2 Å². The molecule has 0 fully saturated rings. The number of carbonyl (C=O) groups excluding carboxylic acids is 1. The van der Waals surface area contributed by atoms with Gasteiger partial charge in [0.25, 0.3) is 5.91 Å². The Kier molecular flexibility index (Phi) is 6.02. The number of amides is 1. The molecule has 0 unspecified atom stereocenters. The zero-order chi connectivity index (χ0) is 19.4. The zero-order valence-electron chi connectivity index (χ0n) is 13.7. The SMILES string of the molecule is N#C/C(=C\c1ccc(-c2ccc(Br)cc2)o1)C(=O)Nc1ccc(Cl)cc1Cl. The predicted octanol–water partition coefficient (Wildman–Crippen LogP) is 6.56. The van der Waals surface area contributed by atoms with Gasteiger partial charge in [-0.05, 0) is 42.5 Å². The third kappa shape index (κ3) is 4.81. The van der Waals surface area contributed by atoms with Crippen molar-refractivity contribution in [2.45, 2.75) is 0 Å². The molecule has 27 heavy (non-hydrogen) atoms. The van der Waals surface area contributed by atoms with E-state index in [4.69, 9.17) is 27.6 Å². The molecule has 0 radical (unpaired) electrons. The normalized spacial score (nSPS) is 11.1. The Labute approximate surface area is 174 Å². The Balaban J connectivity index is 1.81. The van der Waals surface area contributed by atoms with Crippen LogP contribution in [0.25, 0.3) is 17.4 Å². The Bertz CT molecular complexity index is 1070. The predicted molar refractivity (Wildman–Crippen MR) is 111 cm³/mol. The monoisotopic (exact) mass is 460 g/mol. The standard InChI is InChI=1S/C20H11BrCl2N2O2/c21-14-3-1-12(2-4-14)19-8-6-16(27-19)9-13(11-24)20(26)25-18-7-5-15(22)10-17(18)23/h1-10H,(H,25,26)/b13-9+. The molecular formula is C20H11BrCl2N2O2. The molecule has 7 heteroatoms. The number of carbonyl (C=O) groups is 1. The van der Waals surface area contributed by atoms with Crippen molar-refractivity contribution in [1.82, 2.24) is 0 Å². The van der Waals surface area contributed by atoms with Gasteiger partial charge < -0.3 is 9.73 Å². The first-order chi connectivity index (χ1) is 13.0. The molecule has 4 nitrogen and oxygen atoms in total. The molecular weight excluding hydrogens is 451 g/mol. The highest BCUT2D eigenvalue weighted by Gasteiger charge is 2.13. The number of benzene rings is 2. The maximum atomic E-state index is 12.4. The summed E-state index contributed by atoms with van der Waals surface area (Å²) >= 11 is 15.3. The molecule has 1 aromatic heterocycles. The number of anilines is 1. The van der Waals surface area contributed by atoms with Gasteiger partial charge in [-0.2, -0.15) is 5.26 Å². The van der Waals surface area contributed by atoms with Crippen LogP contribution in [0.15, 0.2) is 69.1 Å². The van der Waals surface area contributed by atoms with Crippen molar-refractivity contribution >= 4 is 56.8 Å². The van der Waals surface area contributed by atoms with Crippen LogP contribution in [-0.4, -0.2) is 5.91 Å². The van der Waals surface area contributed by atoms with Crippen molar-refractivity contribution in [2.24, 2.45) is 0 Å². The molecule has 0 saturated heterocycles. The van der Waals surface area contributed by atoms with E-state index in [-0.39, 0.29) is 10.6 Å². The van der Waals surface area contributed by atoms with Gasteiger partial charge in [0.05, 0.1) is 10.7 Å². The van der Waals surface area contributed by atoms with E-state index < -0.39 is 5.91 Å². The van der Waals surface area contributed by atoms with E-state index in [1.807, 2.05) is 30.3 Å². The highest BCUT2D eigenvalue weighted by Crippen LogP contribution is 2.27. The molecule has 3 aromatic rings. The minimum Gasteiger partial charge on any atom is -0.457 e. The fourth-order valence-corrected chi connectivity index (χ4v) is 2.99. The van der Waals surface area contributed by atoms with Crippen molar-refractivity contribution in [3.63, 3.8) is 0 Å². The number of nitrogens with zero attached hydrogens (tertiary/aromatic N) is 1. The largest absolute Gasteiger partial charge is 0.457 e. The summed E-state index contributed by atoms with van der Waals surface area (Å²) in [5, 5.41) is 12.6. The molecule has 0 aliphatic heterocycles. The minimum absolute atomic E-state index is 0.113. The Morgan fingerprint density at radius 1 is 1.11 bits per heavy atom. The van der Waals surface area contributed by atoms with E-state index in [2.05, 4.69) is 21.2 Å². The lowest BCUT2D eigenvalue weighted by molar-refractivity contribution is -0.112. The highest BCUT2D eigenvalue weighted by molar-refractivity contribution is 9.10. The van der Waals surface area contributed by atoms with Gasteiger partial charge in [0.2, 0.25) is 0 Å². The second-order valence-corrected chi connectivity index (χ2v) is 7.22. The van der Waals surface area contributed by atoms with E-state index in [0.29, 0.717) is 22.2 Å². The lowest BCUT2D eigenvalue weighted by Crippen LogP contribution is -2.13. The first kappa shape index (κ1) is 19.2. The molecule has 3 rings (SSSR count). The van der Waals surface area contributed by atoms with Crippen molar-refractivity contribution in [3.05, 3.63) is 80.4 Å². The molecule has 0 saturated carbocycles. The molecule has 134 valence electrons. The summed E-state index contributed by atoms with van der Waals surface area (Å²) in [7, 11) is 0. The molecule has 0 aliphatic carbocycles. The lowest BCUT2D eigenvalue weighted by atomic mass is 10.2. The van der Waals surface area contributed by atoms with Crippen LogP contribution in [0.2, 0.25) is 10.0 Å². The van der Waals surface area contributed by atoms with Crippen LogP contribution in [0.4, 0.5) is 5.69 Å². The number of nitrogens with one attached hydrogen (secondary N) is 1. The van der Waals surface area contributed by atoms with Crippen LogP contribution in [-0.2, 0) is 4.79 Å². The van der Waals surface area contributed by atoms with E-state index in [1.165, 1.54) is 12.1 Å². The van der Waals surface area contributed by atoms with Crippen molar-refractivity contribution in [1.29, 1.82) is 5.26 Å². The topological polar surface area (TPSA) is 66.0 Å².